The first-order valence-electron chi connectivity index (χ1n) is 9.70. The Morgan fingerprint density at radius 1 is 1.08 bits per heavy atom. The molecule has 3 atom stereocenters. The molecule has 5 nitrogen and oxygen atoms in total. The second kappa shape index (κ2) is 14.2. The minimum absolute atomic E-state index is 0.171. The second-order valence-electron chi connectivity index (χ2n) is 7.21. The van der Waals surface area contributed by atoms with E-state index in [1.54, 1.807) is 0 Å². The number of hydrogen-bond donors (Lipinski definition) is 1. The van der Waals surface area contributed by atoms with Crippen molar-refractivity contribution in [2.45, 2.75) is 63.0 Å². The van der Waals surface area contributed by atoms with Crippen LogP contribution in [0, 0.1) is 0 Å². The van der Waals surface area contributed by atoms with E-state index >= 15 is 0 Å². The van der Waals surface area contributed by atoms with Gasteiger partial charge < -0.3 is 23.4 Å². The van der Waals surface area contributed by atoms with E-state index in [0.29, 0.717) is 12.7 Å². The average Bonchev–Trinajstić information content (AvgIpc) is 3.38. The molecule has 8 heteroatoms. The van der Waals surface area contributed by atoms with Crippen molar-refractivity contribution in [2.75, 3.05) is 46.3 Å². The Kier molecular flexibility index (Phi) is 13.2. The lowest BCUT2D eigenvalue weighted by atomic mass is 10.4. The smallest absolute Gasteiger partial charge is 0.185 e. The lowest BCUT2D eigenvalue weighted by molar-refractivity contribution is 0.116. The molecule has 1 fully saturated rings. The summed E-state index contributed by atoms with van der Waals surface area (Å²) in [5.41, 5.74) is 0. The first kappa shape index (κ1) is 23.2. The minimum Gasteiger partial charge on any atom is -0.432 e. The van der Waals surface area contributed by atoms with Gasteiger partial charge in [-0.3, -0.25) is 0 Å². The van der Waals surface area contributed by atoms with Gasteiger partial charge in [-0.05, 0) is 50.5 Å². The van der Waals surface area contributed by atoms with Crippen LogP contribution in [0.25, 0.3) is 0 Å². The highest BCUT2D eigenvalue weighted by Crippen LogP contribution is 2.18. The first-order valence-corrected chi connectivity index (χ1v) is 15.0. The minimum atomic E-state index is -2.12. The molecule has 0 aromatic carbocycles. The molecule has 1 N–H and O–H groups in total. The monoisotopic (exact) mass is 396 g/mol. The van der Waals surface area contributed by atoms with Gasteiger partial charge in [0.15, 0.2) is 17.4 Å². The summed E-state index contributed by atoms with van der Waals surface area (Å²) in [6.45, 7) is 7.76. The summed E-state index contributed by atoms with van der Waals surface area (Å²) >= 11 is 0. The number of epoxide rings is 1. The topological polar surface area (TPSA) is 60.5 Å². The molecule has 150 valence electrons. The Bertz CT molecular complexity index is 319. The Labute approximate surface area is 155 Å². The normalized spacial score (nSPS) is 20.4. The van der Waals surface area contributed by atoms with Crippen LogP contribution in [0.15, 0.2) is 0 Å². The van der Waals surface area contributed by atoms with Gasteiger partial charge in [-0.1, -0.05) is 6.42 Å². The van der Waals surface area contributed by atoms with Gasteiger partial charge in [0, 0.05) is 19.8 Å². The van der Waals surface area contributed by atoms with Gasteiger partial charge in [0.25, 0.3) is 0 Å². The molecular formula is C17H37FO5Si2. The summed E-state index contributed by atoms with van der Waals surface area (Å²) in [6.07, 6.45) is 4.31. The Morgan fingerprint density at radius 2 is 1.80 bits per heavy atom. The molecule has 0 radical (unpaired) electrons. The van der Waals surface area contributed by atoms with Crippen LogP contribution in [0.4, 0.5) is 4.39 Å². The van der Waals surface area contributed by atoms with Crippen LogP contribution in [0.5, 0.6) is 0 Å². The second-order valence-corrected chi connectivity index (χ2v) is 13.7. The van der Waals surface area contributed by atoms with Crippen molar-refractivity contribution in [3.05, 3.63) is 0 Å². The number of alkyl halides is 1. The van der Waals surface area contributed by atoms with E-state index < -0.39 is 24.0 Å². The van der Waals surface area contributed by atoms with Gasteiger partial charge in [-0.2, -0.15) is 0 Å². The zero-order valence-corrected chi connectivity index (χ0v) is 18.2. The fraction of sp³-hybridized carbons (Fsp3) is 1.00. The van der Waals surface area contributed by atoms with E-state index in [0.717, 1.165) is 70.2 Å². The number of ether oxygens (including phenoxy) is 3. The van der Waals surface area contributed by atoms with Crippen LogP contribution in [0.2, 0.25) is 31.2 Å². The van der Waals surface area contributed by atoms with E-state index in [9.17, 15) is 9.19 Å². The molecule has 1 heterocycles. The zero-order valence-electron chi connectivity index (χ0n) is 16.0. The molecule has 0 amide bonds. The van der Waals surface area contributed by atoms with Crippen LogP contribution < -0.4 is 0 Å². The maximum Gasteiger partial charge on any atom is 0.185 e. The highest BCUT2D eigenvalue weighted by molar-refractivity contribution is 6.71. The van der Waals surface area contributed by atoms with Gasteiger partial charge in [-0.25, -0.2) is 4.39 Å². The summed E-state index contributed by atoms with van der Waals surface area (Å²) in [4.78, 5) is 10.4. The summed E-state index contributed by atoms with van der Waals surface area (Å²) in [5.74, 6) is 0. The molecular weight excluding hydrogens is 359 g/mol. The Hall–Kier alpha value is 0.164. The zero-order chi connectivity index (χ0) is 18.4. The molecule has 0 bridgehead atoms. The molecule has 1 saturated heterocycles. The van der Waals surface area contributed by atoms with Gasteiger partial charge in [0.2, 0.25) is 0 Å². The van der Waals surface area contributed by atoms with Crippen molar-refractivity contribution in [3.8, 4) is 0 Å². The van der Waals surface area contributed by atoms with E-state index in [2.05, 4.69) is 6.55 Å². The lowest BCUT2D eigenvalue weighted by Gasteiger charge is -2.20. The Balaban J connectivity index is 1.86. The largest absolute Gasteiger partial charge is 0.432 e. The predicted octanol–water partition coefficient (Wildman–Crippen LogP) is 2.89. The van der Waals surface area contributed by atoms with Crippen LogP contribution in [0.1, 0.15) is 25.7 Å². The van der Waals surface area contributed by atoms with Gasteiger partial charge >= 0.3 is 0 Å². The summed E-state index contributed by atoms with van der Waals surface area (Å²) in [7, 11) is -3.20. The molecule has 25 heavy (non-hydrogen) atoms. The fourth-order valence-corrected chi connectivity index (χ4v) is 6.31. The fourth-order valence-electron chi connectivity index (χ4n) is 2.66. The van der Waals surface area contributed by atoms with Crippen molar-refractivity contribution >= 4 is 17.4 Å². The molecule has 0 aromatic rings. The van der Waals surface area contributed by atoms with Crippen LogP contribution in [0.3, 0.4) is 0 Å². The molecule has 1 aliphatic heterocycles. The molecule has 0 aromatic heterocycles. The summed E-state index contributed by atoms with van der Waals surface area (Å²) in [6, 6.07) is 2.89. The molecule has 1 aliphatic rings. The number of hydrogen-bond acceptors (Lipinski definition) is 5. The number of rotatable bonds is 18. The van der Waals surface area contributed by atoms with Crippen molar-refractivity contribution in [2.24, 2.45) is 0 Å². The van der Waals surface area contributed by atoms with E-state index in [-0.39, 0.29) is 6.61 Å². The van der Waals surface area contributed by atoms with Crippen molar-refractivity contribution in [1.29, 1.82) is 0 Å². The SMILES string of the molecule is C[SiH](CCCOCC1CO1)OCCCC[Si](C)(O)CCCOCCF. The highest BCUT2D eigenvalue weighted by Gasteiger charge is 2.23. The summed E-state index contributed by atoms with van der Waals surface area (Å²) < 4.78 is 33.6. The molecule has 0 spiro atoms. The molecule has 1 rings (SSSR count). The standard InChI is InChI=1S/C17H37FO5Si2/c1-24(12-5-8-21-15-17-16-22-17)23-10-3-4-13-25(2,19)14-6-9-20-11-7-18/h17,19,24H,3-16H2,1-2H3. The average molecular weight is 397 g/mol. The first-order chi connectivity index (χ1) is 12.0. The van der Waals surface area contributed by atoms with Crippen LogP contribution in [-0.4, -0.2) is 74.6 Å². The third-order valence-corrected chi connectivity index (χ3v) is 9.23. The maximum atomic E-state index is 11.9. The van der Waals surface area contributed by atoms with E-state index in [1.807, 2.05) is 6.55 Å². The van der Waals surface area contributed by atoms with Crippen molar-refractivity contribution in [3.63, 3.8) is 0 Å². The van der Waals surface area contributed by atoms with E-state index in [1.165, 1.54) is 0 Å². The maximum absolute atomic E-state index is 11.9. The molecule has 0 saturated carbocycles. The molecule has 3 unspecified atom stereocenters. The van der Waals surface area contributed by atoms with E-state index in [4.69, 9.17) is 18.6 Å². The van der Waals surface area contributed by atoms with Crippen LogP contribution in [-0.2, 0) is 18.6 Å². The Morgan fingerprint density at radius 3 is 2.52 bits per heavy atom. The number of unbranched alkanes of at least 4 members (excludes halogenated alkanes) is 1. The van der Waals surface area contributed by atoms with Crippen molar-refractivity contribution in [1.82, 2.24) is 0 Å². The van der Waals surface area contributed by atoms with Crippen LogP contribution >= 0.6 is 0 Å². The third-order valence-electron chi connectivity index (χ3n) is 4.34. The van der Waals surface area contributed by atoms with Gasteiger partial charge in [0.1, 0.15) is 12.8 Å². The summed E-state index contributed by atoms with van der Waals surface area (Å²) in [5, 5.41) is 0. The molecule has 0 aliphatic carbocycles. The van der Waals surface area contributed by atoms with Gasteiger partial charge in [-0.15, -0.1) is 0 Å². The third kappa shape index (κ3) is 15.0. The quantitative estimate of drug-likeness (QED) is 0.219. The lowest BCUT2D eigenvalue weighted by Crippen LogP contribution is -2.30. The number of halogens is 1. The highest BCUT2D eigenvalue weighted by atomic mass is 28.4. The van der Waals surface area contributed by atoms with Crippen molar-refractivity contribution < 1.29 is 27.8 Å². The van der Waals surface area contributed by atoms with Gasteiger partial charge in [0.05, 0.1) is 19.8 Å². The predicted molar refractivity (Wildman–Crippen MR) is 103 cm³/mol.